The van der Waals surface area contributed by atoms with E-state index in [1.54, 1.807) is 27.7 Å². The minimum Gasteiger partial charge on any atom is -0.444 e. The number of amides is 3. The molecule has 3 N–H and O–H groups in total. The average Bonchev–Trinajstić information content (AvgIpc) is 2.77. The molecule has 35 heavy (non-hydrogen) atoms. The molecule has 0 spiro atoms. The van der Waals surface area contributed by atoms with Gasteiger partial charge in [-0.15, -0.1) is 0 Å². The Balaban J connectivity index is 2.36. The van der Waals surface area contributed by atoms with Gasteiger partial charge in [-0.3, -0.25) is 9.59 Å². The molecule has 2 unspecified atom stereocenters. The molecular formula is C27H37N3O5. The van der Waals surface area contributed by atoms with Gasteiger partial charge in [-0.05, 0) is 52.7 Å². The standard InChI is InChI=1S/C27H37N3O5/c1-7-30(25(33)22(17-31)29-26(34)35-27(4,5)6)23(21-14-18(2)13-19(3)15-21)24(32)28-16-20-11-9-8-10-12-20/h8-15,22-23,31H,7,16-17H2,1-6H3,(H,28,32)(H,29,34). The number of hydrogen-bond acceptors (Lipinski definition) is 5. The molecule has 0 aliphatic heterocycles. The lowest BCUT2D eigenvalue weighted by Crippen LogP contribution is -2.54. The normalized spacial score (nSPS) is 12.9. The molecule has 0 heterocycles. The number of nitrogens with one attached hydrogen (secondary N) is 2. The summed E-state index contributed by atoms with van der Waals surface area (Å²) in [5.41, 5.74) is 2.72. The molecule has 0 saturated carbocycles. The summed E-state index contributed by atoms with van der Waals surface area (Å²) in [4.78, 5) is 40.6. The van der Waals surface area contributed by atoms with Crippen LogP contribution < -0.4 is 10.6 Å². The molecule has 2 aromatic carbocycles. The number of aliphatic hydroxyl groups excluding tert-OH is 1. The Labute approximate surface area is 207 Å². The van der Waals surface area contributed by atoms with Crippen molar-refractivity contribution < 1.29 is 24.2 Å². The van der Waals surface area contributed by atoms with Crippen molar-refractivity contribution in [2.75, 3.05) is 13.2 Å². The fourth-order valence-corrected chi connectivity index (χ4v) is 3.82. The SMILES string of the molecule is CCN(C(=O)C(CO)NC(=O)OC(C)(C)C)C(C(=O)NCc1ccccc1)c1cc(C)cc(C)c1. The van der Waals surface area contributed by atoms with Crippen molar-refractivity contribution in [1.82, 2.24) is 15.5 Å². The van der Waals surface area contributed by atoms with Crippen LogP contribution >= 0.6 is 0 Å². The van der Waals surface area contributed by atoms with E-state index in [0.717, 1.165) is 16.7 Å². The largest absolute Gasteiger partial charge is 0.444 e. The lowest BCUT2D eigenvalue weighted by molar-refractivity contribution is -0.143. The number of aliphatic hydroxyl groups is 1. The molecule has 0 aliphatic rings. The number of likely N-dealkylation sites (N-methyl/N-ethyl adjacent to an activating group) is 1. The summed E-state index contributed by atoms with van der Waals surface area (Å²) in [5, 5.41) is 15.3. The maximum absolute atomic E-state index is 13.5. The predicted octanol–water partition coefficient (Wildman–Crippen LogP) is 3.40. The van der Waals surface area contributed by atoms with E-state index in [2.05, 4.69) is 10.6 Å². The first kappa shape index (κ1) is 27.9. The minimum atomic E-state index is -1.26. The van der Waals surface area contributed by atoms with Crippen molar-refractivity contribution in [3.8, 4) is 0 Å². The van der Waals surface area contributed by atoms with Crippen LogP contribution in [0.4, 0.5) is 4.79 Å². The lowest BCUT2D eigenvalue weighted by atomic mass is 9.98. The highest BCUT2D eigenvalue weighted by Gasteiger charge is 2.35. The Morgan fingerprint density at radius 3 is 2.14 bits per heavy atom. The van der Waals surface area contributed by atoms with Gasteiger partial charge < -0.3 is 25.4 Å². The summed E-state index contributed by atoms with van der Waals surface area (Å²) in [7, 11) is 0. The monoisotopic (exact) mass is 483 g/mol. The molecule has 0 bridgehead atoms. The van der Waals surface area contributed by atoms with Gasteiger partial charge in [-0.2, -0.15) is 0 Å². The Kier molecular flexibility index (Phi) is 9.83. The van der Waals surface area contributed by atoms with Crippen molar-refractivity contribution in [2.45, 2.75) is 65.8 Å². The summed E-state index contributed by atoms with van der Waals surface area (Å²) in [6.45, 7) is 10.5. The zero-order chi connectivity index (χ0) is 26.2. The van der Waals surface area contributed by atoms with Gasteiger partial charge in [0.05, 0.1) is 6.61 Å². The highest BCUT2D eigenvalue weighted by molar-refractivity contribution is 5.92. The van der Waals surface area contributed by atoms with Crippen molar-refractivity contribution in [1.29, 1.82) is 0 Å². The van der Waals surface area contributed by atoms with E-state index >= 15 is 0 Å². The summed E-state index contributed by atoms with van der Waals surface area (Å²) in [5.74, 6) is -0.942. The van der Waals surface area contributed by atoms with Gasteiger partial charge in [0.1, 0.15) is 17.7 Å². The van der Waals surface area contributed by atoms with Gasteiger partial charge >= 0.3 is 6.09 Å². The number of nitrogens with zero attached hydrogens (tertiary/aromatic N) is 1. The number of aryl methyl sites for hydroxylation is 2. The van der Waals surface area contributed by atoms with E-state index in [0.29, 0.717) is 12.1 Å². The van der Waals surface area contributed by atoms with Crippen LogP contribution in [-0.2, 0) is 20.9 Å². The summed E-state index contributed by atoms with van der Waals surface area (Å²) < 4.78 is 5.23. The number of carbonyl (C=O) groups excluding carboxylic acids is 3. The van der Waals surface area contributed by atoms with Crippen LogP contribution in [0.2, 0.25) is 0 Å². The number of hydrogen-bond donors (Lipinski definition) is 3. The van der Waals surface area contributed by atoms with Gasteiger partial charge in [-0.1, -0.05) is 59.7 Å². The fourth-order valence-electron chi connectivity index (χ4n) is 3.82. The molecule has 0 radical (unpaired) electrons. The third-order valence-corrected chi connectivity index (χ3v) is 5.22. The van der Waals surface area contributed by atoms with E-state index in [4.69, 9.17) is 4.74 Å². The van der Waals surface area contributed by atoms with Crippen LogP contribution in [0.5, 0.6) is 0 Å². The van der Waals surface area contributed by atoms with Crippen LogP contribution in [-0.4, -0.2) is 52.7 Å². The van der Waals surface area contributed by atoms with E-state index in [-0.39, 0.29) is 12.5 Å². The van der Waals surface area contributed by atoms with E-state index < -0.39 is 36.3 Å². The first-order valence-corrected chi connectivity index (χ1v) is 11.8. The van der Waals surface area contributed by atoms with Crippen molar-refractivity contribution in [3.05, 3.63) is 70.8 Å². The van der Waals surface area contributed by atoms with Crippen LogP contribution in [0.25, 0.3) is 0 Å². The van der Waals surface area contributed by atoms with Crippen LogP contribution in [0.15, 0.2) is 48.5 Å². The van der Waals surface area contributed by atoms with E-state index in [9.17, 15) is 19.5 Å². The van der Waals surface area contributed by atoms with Gasteiger partial charge in [0, 0.05) is 13.1 Å². The first-order chi connectivity index (χ1) is 16.4. The Morgan fingerprint density at radius 2 is 1.63 bits per heavy atom. The predicted molar refractivity (Wildman–Crippen MR) is 135 cm³/mol. The van der Waals surface area contributed by atoms with E-state index in [1.165, 1.54) is 4.90 Å². The van der Waals surface area contributed by atoms with Crippen LogP contribution in [0, 0.1) is 13.8 Å². The van der Waals surface area contributed by atoms with Crippen molar-refractivity contribution in [2.24, 2.45) is 0 Å². The van der Waals surface area contributed by atoms with Crippen molar-refractivity contribution >= 4 is 17.9 Å². The molecule has 0 fully saturated rings. The zero-order valence-electron chi connectivity index (χ0n) is 21.4. The summed E-state index contributed by atoms with van der Waals surface area (Å²) in [6, 6.07) is 13.0. The Bertz CT molecular complexity index is 997. The Hall–Kier alpha value is -3.39. The molecule has 8 heteroatoms. The quantitative estimate of drug-likeness (QED) is 0.507. The van der Waals surface area contributed by atoms with Crippen LogP contribution in [0.1, 0.15) is 56.0 Å². The van der Waals surface area contributed by atoms with Gasteiger partial charge in [0.15, 0.2) is 0 Å². The average molecular weight is 484 g/mol. The summed E-state index contributed by atoms with van der Waals surface area (Å²) >= 11 is 0. The molecule has 8 nitrogen and oxygen atoms in total. The third kappa shape index (κ3) is 8.40. The maximum Gasteiger partial charge on any atom is 0.408 e. The maximum atomic E-state index is 13.5. The number of rotatable bonds is 9. The number of alkyl carbamates (subject to hydrolysis) is 1. The van der Waals surface area contributed by atoms with E-state index in [1.807, 2.05) is 62.4 Å². The van der Waals surface area contributed by atoms with Gasteiger partial charge in [-0.25, -0.2) is 4.79 Å². The number of carbonyl (C=O) groups is 3. The molecule has 2 atom stereocenters. The van der Waals surface area contributed by atoms with Crippen molar-refractivity contribution in [3.63, 3.8) is 0 Å². The molecule has 190 valence electrons. The smallest absolute Gasteiger partial charge is 0.408 e. The molecule has 0 aromatic heterocycles. The highest BCUT2D eigenvalue weighted by Crippen LogP contribution is 2.25. The fraction of sp³-hybridized carbons (Fsp3) is 0.444. The summed E-state index contributed by atoms with van der Waals surface area (Å²) in [6.07, 6.45) is -0.822. The molecular weight excluding hydrogens is 446 g/mol. The second-order valence-electron chi connectivity index (χ2n) is 9.53. The van der Waals surface area contributed by atoms with Crippen LogP contribution in [0.3, 0.4) is 0 Å². The highest BCUT2D eigenvalue weighted by atomic mass is 16.6. The van der Waals surface area contributed by atoms with Gasteiger partial charge in [0.2, 0.25) is 11.8 Å². The molecule has 2 aromatic rings. The third-order valence-electron chi connectivity index (χ3n) is 5.22. The molecule has 3 amide bonds. The first-order valence-electron chi connectivity index (χ1n) is 11.8. The number of benzene rings is 2. The van der Waals surface area contributed by atoms with Gasteiger partial charge in [0.25, 0.3) is 0 Å². The Morgan fingerprint density at radius 1 is 1.03 bits per heavy atom. The zero-order valence-corrected chi connectivity index (χ0v) is 21.4. The second kappa shape index (κ2) is 12.4. The molecule has 2 rings (SSSR count). The lowest BCUT2D eigenvalue weighted by Gasteiger charge is -2.33. The topological polar surface area (TPSA) is 108 Å². The minimum absolute atomic E-state index is 0.182. The number of ether oxygens (including phenoxy) is 1. The second-order valence-corrected chi connectivity index (χ2v) is 9.53. The molecule has 0 aliphatic carbocycles. The molecule has 0 saturated heterocycles.